The van der Waals surface area contributed by atoms with Crippen LogP contribution in [-0.2, 0) is 17.6 Å². The van der Waals surface area contributed by atoms with E-state index in [1.807, 2.05) is 30.5 Å². The molecule has 5 rings (SSSR count). The van der Waals surface area contributed by atoms with E-state index in [0.717, 1.165) is 74.3 Å². The number of carbonyl (C=O) groups is 2. The summed E-state index contributed by atoms with van der Waals surface area (Å²) in [6.07, 6.45) is 14.0. The van der Waals surface area contributed by atoms with Gasteiger partial charge in [-0.2, -0.15) is 0 Å². The van der Waals surface area contributed by atoms with Gasteiger partial charge >= 0.3 is 6.09 Å². The van der Waals surface area contributed by atoms with Crippen LogP contribution in [0.4, 0.5) is 16.2 Å². The molecule has 1 unspecified atom stereocenters. The van der Waals surface area contributed by atoms with Crippen LogP contribution in [0.25, 0.3) is 21.8 Å². The smallest absolute Gasteiger partial charge is 0.411 e. The van der Waals surface area contributed by atoms with Gasteiger partial charge in [-0.3, -0.25) is 14.7 Å². The Labute approximate surface area is 260 Å². The lowest BCUT2D eigenvalue weighted by molar-refractivity contribution is -0.119. The van der Waals surface area contributed by atoms with Crippen LogP contribution >= 0.6 is 0 Å². The number of hydrogen-bond donors (Lipinski definition) is 4. The average Bonchev–Trinajstić information content (AvgIpc) is 3.49. The number of benzene rings is 2. The Kier molecular flexibility index (Phi) is 11.1. The second-order valence-electron chi connectivity index (χ2n) is 12.2. The minimum absolute atomic E-state index is 0.0235. The SMILES string of the molecule is CC(=O)NCCC(CCCCCCCNc1c2c(nc3ccccc13)CCCC2)CCN(C(=O)O)c1ccc2[nH]ccc2c1. The molecular weight excluding hydrogens is 550 g/mol. The first-order chi connectivity index (χ1) is 21.5. The highest BCUT2D eigenvalue weighted by Gasteiger charge is 2.19. The summed E-state index contributed by atoms with van der Waals surface area (Å²) < 4.78 is 0. The van der Waals surface area contributed by atoms with E-state index in [1.54, 1.807) is 6.92 Å². The zero-order valence-electron chi connectivity index (χ0n) is 26.0. The zero-order valence-corrected chi connectivity index (χ0v) is 26.0. The number of nitrogens with zero attached hydrogens (tertiary/aromatic N) is 2. The van der Waals surface area contributed by atoms with E-state index in [0.29, 0.717) is 24.7 Å². The van der Waals surface area contributed by atoms with Crippen molar-refractivity contribution in [3.8, 4) is 0 Å². The number of para-hydroxylation sites is 1. The summed E-state index contributed by atoms with van der Waals surface area (Å²) in [5, 5.41) is 18.9. The Hall–Kier alpha value is -4.07. The molecule has 0 saturated carbocycles. The van der Waals surface area contributed by atoms with Gasteiger partial charge in [0.1, 0.15) is 0 Å². The Bertz CT molecular complexity index is 1550. The largest absolute Gasteiger partial charge is 0.465 e. The van der Waals surface area contributed by atoms with E-state index in [1.165, 1.54) is 52.9 Å². The second kappa shape index (κ2) is 15.6. The number of aryl methyl sites for hydroxylation is 1. The third-order valence-corrected chi connectivity index (χ3v) is 9.03. The average molecular weight is 598 g/mol. The molecule has 0 spiro atoms. The first kappa shape index (κ1) is 31.4. The van der Waals surface area contributed by atoms with E-state index in [4.69, 9.17) is 4.98 Å². The molecule has 8 nitrogen and oxygen atoms in total. The number of amides is 2. The molecular formula is C36H47N5O3. The number of nitrogens with one attached hydrogen (secondary N) is 3. The van der Waals surface area contributed by atoms with Gasteiger partial charge in [0, 0.05) is 66.1 Å². The van der Waals surface area contributed by atoms with Gasteiger partial charge in [-0.05, 0) is 86.8 Å². The van der Waals surface area contributed by atoms with Crippen LogP contribution in [0.2, 0.25) is 0 Å². The van der Waals surface area contributed by atoms with Gasteiger partial charge in [-0.1, -0.05) is 50.3 Å². The highest BCUT2D eigenvalue weighted by atomic mass is 16.4. The normalized spacial score (nSPS) is 13.5. The van der Waals surface area contributed by atoms with Gasteiger partial charge in [0.2, 0.25) is 5.91 Å². The molecule has 2 aromatic heterocycles. The molecule has 1 atom stereocenters. The number of aromatic nitrogens is 2. The van der Waals surface area contributed by atoms with Crippen molar-refractivity contribution >= 4 is 45.2 Å². The minimum Gasteiger partial charge on any atom is -0.465 e. The van der Waals surface area contributed by atoms with Crippen molar-refractivity contribution in [3.05, 3.63) is 66.0 Å². The van der Waals surface area contributed by atoms with Gasteiger partial charge in [-0.25, -0.2) is 4.79 Å². The number of aromatic amines is 1. The van der Waals surface area contributed by atoms with Crippen LogP contribution in [0, 0.1) is 5.92 Å². The van der Waals surface area contributed by atoms with Crippen LogP contribution in [0.3, 0.4) is 0 Å². The number of rotatable bonds is 16. The molecule has 1 aliphatic rings. The molecule has 234 valence electrons. The number of hydrogen-bond acceptors (Lipinski definition) is 4. The Morgan fingerprint density at radius 3 is 2.64 bits per heavy atom. The first-order valence-corrected chi connectivity index (χ1v) is 16.5. The molecule has 0 aliphatic heterocycles. The monoisotopic (exact) mass is 597 g/mol. The van der Waals surface area contributed by atoms with Crippen molar-refractivity contribution < 1.29 is 14.7 Å². The molecule has 44 heavy (non-hydrogen) atoms. The van der Waals surface area contributed by atoms with Crippen molar-refractivity contribution in [2.75, 3.05) is 29.9 Å². The summed E-state index contributed by atoms with van der Waals surface area (Å²) in [4.78, 5) is 33.2. The van der Waals surface area contributed by atoms with Crippen molar-refractivity contribution in [1.29, 1.82) is 0 Å². The zero-order chi connectivity index (χ0) is 30.7. The van der Waals surface area contributed by atoms with Gasteiger partial charge in [-0.15, -0.1) is 0 Å². The fourth-order valence-corrected chi connectivity index (χ4v) is 6.62. The maximum atomic E-state index is 12.2. The number of H-pyrrole nitrogens is 1. The molecule has 1 aliphatic carbocycles. The van der Waals surface area contributed by atoms with E-state index in [-0.39, 0.29) is 5.91 Å². The summed E-state index contributed by atoms with van der Waals surface area (Å²) in [5.41, 5.74) is 6.78. The third-order valence-electron chi connectivity index (χ3n) is 9.03. The van der Waals surface area contributed by atoms with E-state index in [2.05, 4.69) is 39.9 Å². The molecule has 2 amide bonds. The number of carboxylic acid groups (broad SMARTS) is 1. The standard InChI is InChI=1S/C36H47N5O3/c1-26(42)37-22-18-27(20-24-41(36(43)44)29-16-17-32-28(25-29)19-23-38-32)11-5-3-2-4-10-21-39-35-30-12-6-8-14-33(30)40-34-15-9-7-13-31(34)35/h6,8,12,14,16-17,19,23,25,27,38H,2-5,7,9-11,13,15,18,20-22,24H2,1H3,(H,37,42)(H,39,40)(H,43,44). The first-order valence-electron chi connectivity index (χ1n) is 16.5. The Morgan fingerprint density at radius 1 is 0.955 bits per heavy atom. The highest BCUT2D eigenvalue weighted by molar-refractivity contribution is 5.93. The summed E-state index contributed by atoms with van der Waals surface area (Å²) in [6.45, 7) is 3.58. The molecule has 2 heterocycles. The van der Waals surface area contributed by atoms with Crippen molar-refractivity contribution in [2.24, 2.45) is 5.92 Å². The lowest BCUT2D eigenvalue weighted by Gasteiger charge is -2.23. The molecule has 2 aromatic carbocycles. The number of unbranched alkanes of at least 4 members (excludes halogenated alkanes) is 4. The van der Waals surface area contributed by atoms with Gasteiger partial charge in [0.05, 0.1) is 5.52 Å². The van der Waals surface area contributed by atoms with Crippen LogP contribution in [0.1, 0.15) is 82.4 Å². The minimum atomic E-state index is -0.936. The molecule has 0 radical (unpaired) electrons. The lowest BCUT2D eigenvalue weighted by atomic mass is 9.92. The predicted octanol–water partition coefficient (Wildman–Crippen LogP) is 8.06. The summed E-state index contributed by atoms with van der Waals surface area (Å²) in [7, 11) is 0. The van der Waals surface area contributed by atoms with E-state index >= 15 is 0 Å². The van der Waals surface area contributed by atoms with Crippen LogP contribution in [-0.4, -0.2) is 46.7 Å². The fraction of sp³-hybridized carbons (Fsp3) is 0.472. The molecule has 0 fully saturated rings. The number of pyridine rings is 1. The molecule has 4 aromatic rings. The van der Waals surface area contributed by atoms with Gasteiger partial charge < -0.3 is 20.7 Å². The number of anilines is 2. The molecule has 0 saturated heterocycles. The number of carbonyl (C=O) groups excluding carboxylic acids is 1. The highest BCUT2D eigenvalue weighted by Crippen LogP contribution is 2.33. The molecule has 0 bridgehead atoms. The summed E-state index contributed by atoms with van der Waals surface area (Å²) in [5.74, 6) is 0.331. The van der Waals surface area contributed by atoms with Crippen LogP contribution in [0.5, 0.6) is 0 Å². The number of fused-ring (bicyclic) bond motifs is 3. The Balaban J connectivity index is 1.07. The van der Waals surface area contributed by atoms with Crippen molar-refractivity contribution in [1.82, 2.24) is 15.3 Å². The topological polar surface area (TPSA) is 110 Å². The maximum Gasteiger partial charge on any atom is 0.411 e. The van der Waals surface area contributed by atoms with Crippen molar-refractivity contribution in [3.63, 3.8) is 0 Å². The van der Waals surface area contributed by atoms with E-state index in [9.17, 15) is 14.7 Å². The quantitative estimate of drug-likeness (QED) is 0.0977. The summed E-state index contributed by atoms with van der Waals surface area (Å²) in [6, 6.07) is 16.2. The third kappa shape index (κ3) is 8.30. The van der Waals surface area contributed by atoms with Gasteiger partial charge in [0.15, 0.2) is 0 Å². The maximum absolute atomic E-state index is 12.2. The fourth-order valence-electron chi connectivity index (χ4n) is 6.62. The van der Waals surface area contributed by atoms with Crippen molar-refractivity contribution in [2.45, 2.75) is 84.0 Å². The second-order valence-corrected chi connectivity index (χ2v) is 12.2. The molecule has 4 N–H and O–H groups in total. The van der Waals surface area contributed by atoms with Gasteiger partial charge in [0.25, 0.3) is 0 Å². The van der Waals surface area contributed by atoms with Crippen LogP contribution < -0.4 is 15.5 Å². The lowest BCUT2D eigenvalue weighted by Crippen LogP contribution is -2.32. The Morgan fingerprint density at radius 2 is 1.77 bits per heavy atom. The summed E-state index contributed by atoms with van der Waals surface area (Å²) >= 11 is 0. The van der Waals surface area contributed by atoms with Crippen LogP contribution in [0.15, 0.2) is 54.7 Å². The predicted molar refractivity (Wildman–Crippen MR) is 180 cm³/mol. The van der Waals surface area contributed by atoms with E-state index < -0.39 is 6.09 Å². The molecule has 8 heteroatoms.